The van der Waals surface area contributed by atoms with Crippen molar-refractivity contribution >= 4 is 0 Å². The lowest BCUT2D eigenvalue weighted by Gasteiger charge is -2.34. The van der Waals surface area contributed by atoms with E-state index in [4.69, 9.17) is 5.73 Å². The molecule has 16 heavy (non-hydrogen) atoms. The molecule has 0 bridgehead atoms. The molecular formula is C13H23N3. The fourth-order valence-corrected chi connectivity index (χ4v) is 2.76. The van der Waals surface area contributed by atoms with Crippen LogP contribution in [0.1, 0.15) is 51.4 Å². The van der Waals surface area contributed by atoms with Gasteiger partial charge in [-0.25, -0.2) is 4.98 Å². The van der Waals surface area contributed by atoms with E-state index in [2.05, 4.69) is 29.6 Å². The maximum atomic E-state index is 6.25. The van der Waals surface area contributed by atoms with Gasteiger partial charge in [-0.2, -0.15) is 0 Å². The quantitative estimate of drug-likeness (QED) is 0.852. The number of hydrogen-bond donors (Lipinski definition) is 1. The first kappa shape index (κ1) is 11.6. The van der Waals surface area contributed by atoms with Gasteiger partial charge in [0.05, 0.1) is 6.04 Å². The second-order valence-corrected chi connectivity index (χ2v) is 5.15. The zero-order valence-corrected chi connectivity index (χ0v) is 10.4. The summed E-state index contributed by atoms with van der Waals surface area (Å²) in [5.74, 6) is 2.00. The number of imidazole rings is 1. The minimum absolute atomic E-state index is 0.306. The van der Waals surface area contributed by atoms with Gasteiger partial charge in [0.25, 0.3) is 0 Å². The number of rotatable bonds is 3. The monoisotopic (exact) mass is 221 g/mol. The first-order chi connectivity index (χ1) is 7.72. The Bertz CT molecular complexity index is 332. The zero-order chi connectivity index (χ0) is 11.5. The van der Waals surface area contributed by atoms with Crippen LogP contribution in [0.25, 0.3) is 0 Å². The molecule has 1 aliphatic rings. The summed E-state index contributed by atoms with van der Waals surface area (Å²) in [7, 11) is 0. The number of nitrogens with two attached hydrogens (primary N) is 1. The van der Waals surface area contributed by atoms with E-state index >= 15 is 0 Å². The van der Waals surface area contributed by atoms with Crippen LogP contribution in [0.5, 0.6) is 0 Å². The van der Waals surface area contributed by atoms with Gasteiger partial charge in [0.2, 0.25) is 0 Å². The second kappa shape index (κ2) is 5.00. The Labute approximate surface area is 98.1 Å². The summed E-state index contributed by atoms with van der Waals surface area (Å²) in [6.07, 6.45) is 9.85. The highest BCUT2D eigenvalue weighted by Gasteiger charge is 2.28. The summed E-state index contributed by atoms with van der Waals surface area (Å²) in [4.78, 5) is 4.45. The lowest BCUT2D eigenvalue weighted by molar-refractivity contribution is 0.243. The molecule has 0 aliphatic heterocycles. The molecule has 0 amide bonds. The fourth-order valence-electron chi connectivity index (χ4n) is 2.76. The summed E-state index contributed by atoms with van der Waals surface area (Å²) in [6.45, 7) is 4.53. The summed E-state index contributed by atoms with van der Waals surface area (Å²) in [5, 5.41) is 0. The van der Waals surface area contributed by atoms with Crippen LogP contribution in [0, 0.1) is 5.92 Å². The highest BCUT2D eigenvalue weighted by atomic mass is 15.1. The zero-order valence-electron chi connectivity index (χ0n) is 10.4. The molecule has 0 saturated heterocycles. The molecule has 3 nitrogen and oxygen atoms in total. The third kappa shape index (κ3) is 2.29. The van der Waals surface area contributed by atoms with Gasteiger partial charge in [-0.1, -0.05) is 13.8 Å². The molecule has 1 saturated carbocycles. The lowest BCUT2D eigenvalue weighted by atomic mass is 9.83. The van der Waals surface area contributed by atoms with Crippen LogP contribution in [-0.2, 0) is 6.42 Å². The molecule has 1 fully saturated rings. The largest absolute Gasteiger partial charge is 0.330 e. The predicted molar refractivity (Wildman–Crippen MR) is 66.2 cm³/mol. The predicted octanol–water partition coefficient (Wildman–Crippen LogP) is 2.52. The lowest BCUT2D eigenvalue weighted by Crippen LogP contribution is -2.37. The normalized spacial score (nSPS) is 30.6. The number of hydrogen-bond acceptors (Lipinski definition) is 2. The minimum Gasteiger partial charge on any atom is -0.330 e. The van der Waals surface area contributed by atoms with Crippen molar-refractivity contribution in [1.29, 1.82) is 0 Å². The molecule has 1 aromatic rings. The molecule has 1 aliphatic carbocycles. The van der Waals surface area contributed by atoms with Crippen molar-refractivity contribution < 1.29 is 0 Å². The first-order valence-corrected chi connectivity index (χ1v) is 6.49. The molecule has 0 aromatic carbocycles. The van der Waals surface area contributed by atoms with Crippen molar-refractivity contribution in [2.45, 2.75) is 58.0 Å². The fraction of sp³-hybridized carbons (Fsp3) is 0.769. The molecule has 0 spiro atoms. The van der Waals surface area contributed by atoms with Crippen molar-refractivity contribution in [3.8, 4) is 0 Å². The van der Waals surface area contributed by atoms with E-state index in [0.717, 1.165) is 25.2 Å². The van der Waals surface area contributed by atoms with Crippen LogP contribution in [0.4, 0.5) is 0 Å². The van der Waals surface area contributed by atoms with E-state index < -0.39 is 0 Å². The van der Waals surface area contributed by atoms with Gasteiger partial charge >= 0.3 is 0 Å². The summed E-state index contributed by atoms with van der Waals surface area (Å²) < 4.78 is 2.32. The Balaban J connectivity index is 2.17. The van der Waals surface area contributed by atoms with Gasteiger partial charge in [0.15, 0.2) is 0 Å². The minimum atomic E-state index is 0.306. The Hall–Kier alpha value is -0.830. The topological polar surface area (TPSA) is 43.8 Å². The van der Waals surface area contributed by atoms with Crippen molar-refractivity contribution in [2.75, 3.05) is 0 Å². The van der Waals surface area contributed by atoms with Crippen molar-refractivity contribution in [2.24, 2.45) is 11.7 Å². The maximum absolute atomic E-state index is 6.25. The Morgan fingerprint density at radius 3 is 3.06 bits per heavy atom. The average Bonchev–Trinajstić information content (AvgIpc) is 2.70. The van der Waals surface area contributed by atoms with E-state index in [0.29, 0.717) is 12.1 Å². The molecule has 3 unspecified atom stereocenters. The van der Waals surface area contributed by atoms with E-state index in [1.165, 1.54) is 18.7 Å². The summed E-state index contributed by atoms with van der Waals surface area (Å²) in [6, 6.07) is 0.772. The highest BCUT2D eigenvalue weighted by Crippen LogP contribution is 2.32. The maximum Gasteiger partial charge on any atom is 0.108 e. The average molecular weight is 221 g/mol. The number of nitrogens with zero attached hydrogens (tertiary/aromatic N) is 2. The smallest absolute Gasteiger partial charge is 0.108 e. The van der Waals surface area contributed by atoms with E-state index in [9.17, 15) is 0 Å². The number of aromatic nitrogens is 2. The molecule has 3 heteroatoms. The van der Waals surface area contributed by atoms with Gasteiger partial charge < -0.3 is 10.3 Å². The van der Waals surface area contributed by atoms with Crippen molar-refractivity contribution in [3.63, 3.8) is 0 Å². The van der Waals surface area contributed by atoms with Crippen LogP contribution in [-0.4, -0.2) is 15.6 Å². The van der Waals surface area contributed by atoms with Gasteiger partial charge in [-0.15, -0.1) is 0 Å². The van der Waals surface area contributed by atoms with Crippen LogP contribution < -0.4 is 5.73 Å². The van der Waals surface area contributed by atoms with Gasteiger partial charge in [-0.3, -0.25) is 0 Å². The van der Waals surface area contributed by atoms with E-state index in [-0.39, 0.29) is 0 Å². The Kier molecular flexibility index (Phi) is 3.64. The summed E-state index contributed by atoms with van der Waals surface area (Å²) >= 11 is 0. The standard InChI is InChI=1S/C13H23N3/c1-3-4-13-15-7-8-16(13)12-9-10(2)5-6-11(12)14/h7-8,10-12H,3-6,9,14H2,1-2H3. The highest BCUT2D eigenvalue weighted by molar-refractivity contribution is 4.99. The van der Waals surface area contributed by atoms with Crippen LogP contribution in [0.15, 0.2) is 12.4 Å². The van der Waals surface area contributed by atoms with Crippen LogP contribution in [0.3, 0.4) is 0 Å². The van der Waals surface area contributed by atoms with Crippen LogP contribution in [0.2, 0.25) is 0 Å². The third-order valence-electron chi connectivity index (χ3n) is 3.71. The Morgan fingerprint density at radius 2 is 2.31 bits per heavy atom. The van der Waals surface area contributed by atoms with Crippen molar-refractivity contribution in [3.05, 3.63) is 18.2 Å². The molecule has 3 atom stereocenters. The third-order valence-corrected chi connectivity index (χ3v) is 3.71. The second-order valence-electron chi connectivity index (χ2n) is 5.15. The SMILES string of the molecule is CCCc1nccn1C1CC(C)CCC1N. The van der Waals surface area contributed by atoms with Gasteiger partial charge in [0.1, 0.15) is 5.82 Å². The molecule has 0 radical (unpaired) electrons. The van der Waals surface area contributed by atoms with Gasteiger partial charge in [-0.05, 0) is 31.6 Å². The number of aryl methyl sites for hydroxylation is 1. The van der Waals surface area contributed by atoms with E-state index in [1.807, 2.05) is 6.20 Å². The molecule has 2 N–H and O–H groups in total. The van der Waals surface area contributed by atoms with Gasteiger partial charge in [0, 0.05) is 24.9 Å². The molecule has 1 heterocycles. The first-order valence-electron chi connectivity index (χ1n) is 6.49. The molecule has 2 rings (SSSR count). The molecule has 90 valence electrons. The van der Waals surface area contributed by atoms with E-state index in [1.54, 1.807) is 0 Å². The van der Waals surface area contributed by atoms with Crippen LogP contribution >= 0.6 is 0 Å². The molecule has 1 aromatic heterocycles. The van der Waals surface area contributed by atoms with Crippen molar-refractivity contribution in [1.82, 2.24) is 9.55 Å². The molecular weight excluding hydrogens is 198 g/mol. The Morgan fingerprint density at radius 1 is 1.50 bits per heavy atom. The summed E-state index contributed by atoms with van der Waals surface area (Å²) in [5.41, 5.74) is 6.25.